The molecule has 1 aliphatic heterocycles. The van der Waals surface area contributed by atoms with Crippen molar-refractivity contribution in [1.29, 1.82) is 0 Å². The topological polar surface area (TPSA) is 108 Å². The Hall–Kier alpha value is -4.13. The van der Waals surface area contributed by atoms with Gasteiger partial charge in [-0.15, -0.1) is 22.7 Å². The maximum Gasteiger partial charge on any atom is 0.163 e. The second-order valence-electron chi connectivity index (χ2n) is 10.3. The van der Waals surface area contributed by atoms with E-state index < -0.39 is 0 Å². The zero-order chi connectivity index (χ0) is 32.5. The first-order valence-electron chi connectivity index (χ1n) is 14.4. The highest BCUT2D eigenvalue weighted by molar-refractivity contribution is 7.19. The molecular weight excluding hydrogens is 697 g/mol. The van der Waals surface area contributed by atoms with Crippen LogP contribution in [0.5, 0.6) is 11.5 Å². The number of nitrogens with zero attached hydrogens (tertiary/aromatic N) is 6. The van der Waals surface area contributed by atoms with Crippen molar-refractivity contribution in [2.24, 2.45) is 0 Å². The van der Waals surface area contributed by atoms with Gasteiger partial charge in [-0.2, -0.15) is 0 Å². The minimum absolute atomic E-state index is 0.390. The highest BCUT2D eigenvalue weighted by Crippen LogP contribution is 2.40. The third-order valence-corrected chi connectivity index (χ3v) is 10.6. The number of aromatic nitrogens is 6. The summed E-state index contributed by atoms with van der Waals surface area (Å²) in [6.07, 6.45) is 6.86. The molecule has 236 valence electrons. The van der Waals surface area contributed by atoms with Crippen LogP contribution in [-0.2, 0) is 6.54 Å². The summed E-state index contributed by atoms with van der Waals surface area (Å²) < 4.78 is 11.3. The van der Waals surface area contributed by atoms with Gasteiger partial charge in [0.25, 0.3) is 0 Å². The number of thiophene rings is 2. The Balaban J connectivity index is 0.000000167. The van der Waals surface area contributed by atoms with E-state index in [2.05, 4.69) is 25.3 Å². The predicted octanol–water partition coefficient (Wildman–Crippen LogP) is 9.47. The summed E-state index contributed by atoms with van der Waals surface area (Å²) in [5.41, 5.74) is 2.86. The Morgan fingerprint density at radius 1 is 0.681 bits per heavy atom. The Labute approximate surface area is 292 Å². The molecule has 0 amide bonds. The normalized spacial score (nSPS) is 12.2. The van der Waals surface area contributed by atoms with Crippen molar-refractivity contribution in [2.45, 2.75) is 20.4 Å². The molecule has 9 nitrogen and oxygen atoms in total. The molecule has 0 aliphatic carbocycles. The number of rotatable bonds is 5. The molecule has 7 heterocycles. The van der Waals surface area contributed by atoms with Gasteiger partial charge < -0.3 is 14.8 Å². The second kappa shape index (κ2) is 13.5. The molecule has 0 atom stereocenters. The van der Waals surface area contributed by atoms with Crippen LogP contribution in [0.3, 0.4) is 0 Å². The average molecular weight is 721 g/mol. The number of hydrogen-bond acceptors (Lipinski definition) is 11. The highest BCUT2D eigenvalue weighted by atomic mass is 35.5. The maximum atomic E-state index is 6.57. The fourth-order valence-corrected chi connectivity index (χ4v) is 7.79. The first-order valence-corrected chi connectivity index (χ1v) is 17.1. The van der Waals surface area contributed by atoms with Crippen molar-refractivity contribution in [2.75, 3.05) is 18.5 Å². The van der Waals surface area contributed by atoms with Crippen LogP contribution in [0.2, 0.25) is 15.2 Å². The van der Waals surface area contributed by atoms with Crippen molar-refractivity contribution in [1.82, 2.24) is 29.9 Å². The van der Waals surface area contributed by atoms with Crippen LogP contribution in [0.1, 0.15) is 15.3 Å². The molecule has 7 aromatic rings. The molecule has 0 saturated heterocycles. The Morgan fingerprint density at radius 2 is 1.23 bits per heavy atom. The number of benzene rings is 1. The first kappa shape index (κ1) is 31.5. The van der Waals surface area contributed by atoms with Crippen LogP contribution >= 0.6 is 57.5 Å². The van der Waals surface area contributed by atoms with Crippen LogP contribution in [0, 0.1) is 13.8 Å². The number of hydrogen-bond donors (Lipinski definition) is 1. The Bertz CT molecular complexity index is 2230. The van der Waals surface area contributed by atoms with E-state index in [9.17, 15) is 0 Å². The molecule has 47 heavy (non-hydrogen) atoms. The van der Waals surface area contributed by atoms with E-state index in [4.69, 9.17) is 54.2 Å². The van der Waals surface area contributed by atoms with E-state index in [1.54, 1.807) is 36.1 Å². The molecule has 0 radical (unpaired) electrons. The Morgan fingerprint density at radius 3 is 1.87 bits per heavy atom. The summed E-state index contributed by atoms with van der Waals surface area (Å²) in [5, 5.41) is 6.74. The number of pyridine rings is 2. The number of nitrogens with one attached hydrogen (secondary N) is 1. The highest BCUT2D eigenvalue weighted by Gasteiger charge is 2.18. The van der Waals surface area contributed by atoms with Gasteiger partial charge in [-0.25, -0.2) is 19.9 Å². The zero-order valence-electron chi connectivity index (χ0n) is 24.9. The van der Waals surface area contributed by atoms with Crippen molar-refractivity contribution in [3.8, 4) is 34.3 Å². The van der Waals surface area contributed by atoms with Crippen LogP contribution in [0.25, 0.3) is 43.2 Å². The fourth-order valence-electron chi connectivity index (χ4n) is 4.89. The second-order valence-corrected chi connectivity index (χ2v) is 13.9. The summed E-state index contributed by atoms with van der Waals surface area (Å²) in [6, 6.07) is 13.4. The van der Waals surface area contributed by atoms with Crippen LogP contribution in [0.15, 0.2) is 67.3 Å². The molecule has 8 rings (SSSR count). The van der Waals surface area contributed by atoms with E-state index in [0.29, 0.717) is 52.4 Å². The monoisotopic (exact) mass is 719 g/mol. The van der Waals surface area contributed by atoms with Crippen molar-refractivity contribution in [3.05, 3.63) is 97.8 Å². The lowest BCUT2D eigenvalue weighted by atomic mass is 10.2. The lowest BCUT2D eigenvalue weighted by molar-refractivity contribution is 0.171. The molecule has 0 spiro atoms. The van der Waals surface area contributed by atoms with Gasteiger partial charge in [0.15, 0.2) is 23.1 Å². The third kappa shape index (κ3) is 6.54. The van der Waals surface area contributed by atoms with Gasteiger partial charge in [-0.1, -0.05) is 40.9 Å². The van der Waals surface area contributed by atoms with Crippen LogP contribution in [-0.4, -0.2) is 43.1 Å². The van der Waals surface area contributed by atoms with E-state index >= 15 is 0 Å². The molecule has 1 N–H and O–H groups in total. The third-order valence-electron chi connectivity index (χ3n) is 7.21. The van der Waals surface area contributed by atoms with E-state index in [0.717, 1.165) is 58.4 Å². The van der Waals surface area contributed by atoms with Gasteiger partial charge in [-0.3, -0.25) is 9.97 Å². The first-order chi connectivity index (χ1) is 22.9. The quantitative estimate of drug-likeness (QED) is 0.174. The molecule has 1 aliphatic rings. The van der Waals surface area contributed by atoms with Gasteiger partial charge in [0.05, 0.1) is 20.8 Å². The lowest BCUT2D eigenvalue weighted by Crippen LogP contribution is -2.15. The number of ether oxygens (including phenoxy) is 2. The van der Waals surface area contributed by atoms with Crippen LogP contribution in [0.4, 0.5) is 5.82 Å². The SMILES string of the molecule is Cc1sc2nc(-c3ccncc3)nc(Cl)c2c1Cl.Cc1sc2nc(-c3ccncc3)nc(NCc3ccc4c(c3)OCCO4)c2c1Cl. The molecule has 6 aromatic heterocycles. The number of aryl methyl sites for hydroxylation is 2. The smallest absolute Gasteiger partial charge is 0.163 e. The van der Waals surface area contributed by atoms with Gasteiger partial charge >= 0.3 is 0 Å². The summed E-state index contributed by atoms with van der Waals surface area (Å²) in [7, 11) is 0. The van der Waals surface area contributed by atoms with Gasteiger partial charge in [0.2, 0.25) is 0 Å². The molecule has 0 fully saturated rings. The lowest BCUT2D eigenvalue weighted by Gasteiger charge is -2.19. The van der Waals surface area contributed by atoms with E-state index in [1.165, 1.54) is 11.3 Å². The van der Waals surface area contributed by atoms with Gasteiger partial charge in [0, 0.05) is 52.2 Å². The maximum absolute atomic E-state index is 6.57. The number of anilines is 1. The summed E-state index contributed by atoms with van der Waals surface area (Å²) in [4.78, 5) is 30.0. The Kier molecular flexibility index (Phi) is 9.07. The average Bonchev–Trinajstić information content (AvgIpc) is 3.57. The minimum atomic E-state index is 0.390. The molecule has 0 bridgehead atoms. The van der Waals surface area contributed by atoms with Crippen molar-refractivity contribution in [3.63, 3.8) is 0 Å². The van der Waals surface area contributed by atoms with Crippen molar-refractivity contribution >= 4 is 83.7 Å². The minimum Gasteiger partial charge on any atom is -0.486 e. The number of fused-ring (bicyclic) bond motifs is 3. The summed E-state index contributed by atoms with van der Waals surface area (Å²) in [5.74, 6) is 3.49. The van der Waals surface area contributed by atoms with E-state index in [1.807, 2.05) is 56.3 Å². The van der Waals surface area contributed by atoms with Crippen molar-refractivity contribution < 1.29 is 9.47 Å². The molecule has 0 saturated carbocycles. The predicted molar refractivity (Wildman–Crippen MR) is 191 cm³/mol. The molecule has 1 aromatic carbocycles. The summed E-state index contributed by atoms with van der Waals surface area (Å²) >= 11 is 22.0. The van der Waals surface area contributed by atoms with Gasteiger partial charge in [-0.05, 0) is 55.8 Å². The molecule has 14 heteroatoms. The summed E-state index contributed by atoms with van der Waals surface area (Å²) in [6.45, 7) is 5.65. The number of halogens is 3. The standard InChI is InChI=1S/C21H17ClN4O2S.C12H7Cl2N3S/c1-12-18(22)17-20(24-11-13-2-3-15-16(10-13)28-9-8-27-15)25-19(26-21(17)29-12)14-4-6-23-7-5-14;1-6-9(13)8-10(14)16-11(17-12(8)18-6)7-2-4-15-5-3-7/h2-7,10H,8-9,11H2,1H3,(H,24,25,26);2-5H,1H3. The fraction of sp³-hybridized carbons (Fsp3) is 0.152. The molecule has 0 unspecified atom stereocenters. The largest absolute Gasteiger partial charge is 0.486 e. The van der Waals surface area contributed by atoms with Gasteiger partial charge in [0.1, 0.15) is 33.8 Å². The van der Waals surface area contributed by atoms with E-state index in [-0.39, 0.29) is 0 Å². The molecular formula is C33H24Cl3N7O2S2. The van der Waals surface area contributed by atoms with Crippen LogP contribution < -0.4 is 14.8 Å². The zero-order valence-corrected chi connectivity index (χ0v) is 28.8.